The maximum absolute atomic E-state index is 13.1. The lowest BCUT2D eigenvalue weighted by atomic mass is 9.89. The van der Waals surface area contributed by atoms with Crippen molar-refractivity contribution < 1.29 is 9.59 Å². The first kappa shape index (κ1) is 20.5. The summed E-state index contributed by atoms with van der Waals surface area (Å²) in [5.41, 5.74) is 2.14. The third-order valence-electron chi connectivity index (χ3n) is 5.56. The molecule has 2 heterocycles. The predicted molar refractivity (Wildman–Crippen MR) is 119 cm³/mol. The van der Waals surface area contributed by atoms with E-state index in [0.717, 1.165) is 36.1 Å². The second-order valence-corrected chi connectivity index (χ2v) is 9.09. The van der Waals surface area contributed by atoms with Gasteiger partial charge in [0.05, 0.1) is 18.3 Å². The first-order chi connectivity index (χ1) is 14.5. The Hall–Kier alpha value is -2.80. The van der Waals surface area contributed by atoms with Crippen molar-refractivity contribution in [2.45, 2.75) is 52.5 Å². The minimum absolute atomic E-state index is 0.0454. The summed E-state index contributed by atoms with van der Waals surface area (Å²) >= 11 is 1.61. The van der Waals surface area contributed by atoms with Crippen LogP contribution in [0.1, 0.15) is 53.9 Å². The number of rotatable bonds is 6. The molecule has 0 spiro atoms. The normalized spacial score (nSPS) is 15.7. The summed E-state index contributed by atoms with van der Waals surface area (Å²) in [7, 11) is 0. The summed E-state index contributed by atoms with van der Waals surface area (Å²) in [5.74, 6) is 0.419. The van der Waals surface area contributed by atoms with Gasteiger partial charge in [0.2, 0.25) is 5.91 Å². The van der Waals surface area contributed by atoms with E-state index in [-0.39, 0.29) is 23.8 Å². The molecule has 3 aromatic rings. The number of ketones is 1. The number of hydrogen-bond acceptors (Lipinski definition) is 5. The highest BCUT2D eigenvalue weighted by molar-refractivity contribution is 7.18. The van der Waals surface area contributed by atoms with Crippen LogP contribution in [0.5, 0.6) is 0 Å². The number of aromatic nitrogens is 2. The van der Waals surface area contributed by atoms with Gasteiger partial charge in [-0.05, 0) is 61.4 Å². The number of aryl methyl sites for hydroxylation is 1. The Labute approximate surface area is 179 Å². The number of nitrogens with one attached hydrogen (secondary N) is 1. The fourth-order valence-corrected chi connectivity index (χ4v) is 5.26. The molecule has 0 fully saturated rings. The van der Waals surface area contributed by atoms with Gasteiger partial charge in [-0.25, -0.2) is 4.98 Å². The van der Waals surface area contributed by atoms with Crippen LogP contribution in [0.15, 0.2) is 35.4 Å². The molecule has 0 aliphatic heterocycles. The van der Waals surface area contributed by atoms with Gasteiger partial charge in [0.25, 0.3) is 5.56 Å². The Balaban J connectivity index is 1.54. The van der Waals surface area contributed by atoms with E-state index in [2.05, 4.69) is 17.2 Å². The monoisotopic (exact) mass is 423 g/mol. The second kappa shape index (κ2) is 8.52. The average Bonchev–Trinajstić information content (AvgIpc) is 3.09. The SMILES string of the molecule is CCCC(=O)Nc1ccc(C(=O)Cn2cnc3sc4c(c3c2=O)CC[C@@H](C)C4)cc1. The molecule has 1 aliphatic rings. The molecule has 1 amide bonds. The van der Waals surface area contributed by atoms with Crippen LogP contribution in [-0.2, 0) is 24.2 Å². The van der Waals surface area contributed by atoms with Crippen LogP contribution in [0.4, 0.5) is 5.69 Å². The van der Waals surface area contributed by atoms with E-state index in [1.54, 1.807) is 35.6 Å². The molecule has 156 valence electrons. The molecule has 4 rings (SSSR count). The number of thiophene rings is 1. The Morgan fingerprint density at radius 1 is 1.27 bits per heavy atom. The molecule has 1 aromatic carbocycles. The van der Waals surface area contributed by atoms with Crippen molar-refractivity contribution in [3.8, 4) is 0 Å². The lowest BCUT2D eigenvalue weighted by molar-refractivity contribution is -0.116. The van der Waals surface area contributed by atoms with Crippen molar-refractivity contribution >= 4 is 38.9 Å². The third-order valence-corrected chi connectivity index (χ3v) is 6.73. The second-order valence-electron chi connectivity index (χ2n) is 8.01. The van der Waals surface area contributed by atoms with E-state index in [1.807, 2.05) is 6.92 Å². The molecule has 0 bridgehead atoms. The number of hydrogen-bond donors (Lipinski definition) is 1. The molecule has 0 saturated heterocycles. The smallest absolute Gasteiger partial charge is 0.262 e. The Bertz CT molecular complexity index is 1160. The number of nitrogens with zero attached hydrogens (tertiary/aromatic N) is 2. The van der Waals surface area contributed by atoms with E-state index in [1.165, 1.54) is 15.8 Å². The molecule has 6 nitrogen and oxygen atoms in total. The standard InChI is InChI=1S/C23H25N3O3S/c1-3-4-20(28)25-16-8-6-15(7-9-16)18(27)12-26-13-24-22-21(23(26)29)17-10-5-14(2)11-19(17)30-22/h6-9,13-14H,3-5,10-12H2,1-2H3,(H,25,28)/t14-/m1/s1. The first-order valence-electron chi connectivity index (χ1n) is 10.4. The lowest BCUT2D eigenvalue weighted by Gasteiger charge is -2.17. The molecule has 2 aromatic heterocycles. The number of carbonyl (C=O) groups is 2. The summed E-state index contributed by atoms with van der Waals surface area (Å²) in [6.07, 6.45) is 5.69. The largest absolute Gasteiger partial charge is 0.326 e. The van der Waals surface area contributed by atoms with Crippen molar-refractivity contribution in [1.29, 1.82) is 0 Å². The van der Waals surface area contributed by atoms with Crippen LogP contribution in [0, 0.1) is 5.92 Å². The van der Waals surface area contributed by atoms with Crippen molar-refractivity contribution in [3.63, 3.8) is 0 Å². The van der Waals surface area contributed by atoms with Crippen LogP contribution in [0.2, 0.25) is 0 Å². The van der Waals surface area contributed by atoms with Crippen LogP contribution >= 0.6 is 11.3 Å². The maximum Gasteiger partial charge on any atom is 0.262 e. The van der Waals surface area contributed by atoms with Crippen LogP contribution < -0.4 is 10.9 Å². The fraction of sp³-hybridized carbons (Fsp3) is 0.391. The number of amides is 1. The number of carbonyl (C=O) groups excluding carboxylic acids is 2. The molecule has 1 N–H and O–H groups in total. The van der Waals surface area contributed by atoms with Gasteiger partial charge in [-0.1, -0.05) is 13.8 Å². The van der Waals surface area contributed by atoms with Crippen LogP contribution in [0.3, 0.4) is 0 Å². The quantitative estimate of drug-likeness (QED) is 0.603. The molecule has 0 unspecified atom stereocenters. The number of Topliss-reactive ketones (excluding diaryl/α,β-unsaturated/α-hetero) is 1. The number of anilines is 1. The van der Waals surface area contributed by atoms with Crippen molar-refractivity contribution in [2.75, 3.05) is 5.32 Å². The zero-order valence-electron chi connectivity index (χ0n) is 17.2. The Kier molecular flexibility index (Phi) is 5.81. The zero-order valence-corrected chi connectivity index (χ0v) is 18.1. The highest BCUT2D eigenvalue weighted by Gasteiger charge is 2.23. The van der Waals surface area contributed by atoms with Gasteiger partial charge >= 0.3 is 0 Å². The number of benzene rings is 1. The van der Waals surface area contributed by atoms with Gasteiger partial charge in [0.15, 0.2) is 5.78 Å². The lowest BCUT2D eigenvalue weighted by Crippen LogP contribution is -2.25. The minimum Gasteiger partial charge on any atom is -0.326 e. The Morgan fingerprint density at radius 3 is 2.77 bits per heavy atom. The average molecular weight is 424 g/mol. The van der Waals surface area contributed by atoms with Gasteiger partial charge in [0, 0.05) is 22.5 Å². The third kappa shape index (κ3) is 4.07. The summed E-state index contributed by atoms with van der Waals surface area (Å²) < 4.78 is 1.41. The van der Waals surface area contributed by atoms with Gasteiger partial charge in [-0.15, -0.1) is 11.3 Å². The van der Waals surface area contributed by atoms with E-state index >= 15 is 0 Å². The van der Waals surface area contributed by atoms with Crippen LogP contribution in [-0.4, -0.2) is 21.2 Å². The van der Waals surface area contributed by atoms with Crippen molar-refractivity contribution in [1.82, 2.24) is 9.55 Å². The molecule has 1 aliphatic carbocycles. The Morgan fingerprint density at radius 2 is 2.03 bits per heavy atom. The highest BCUT2D eigenvalue weighted by atomic mass is 32.1. The molecule has 0 radical (unpaired) electrons. The van der Waals surface area contributed by atoms with Gasteiger partial charge in [-0.2, -0.15) is 0 Å². The van der Waals surface area contributed by atoms with E-state index < -0.39 is 0 Å². The van der Waals surface area contributed by atoms with E-state index in [9.17, 15) is 14.4 Å². The molecule has 0 saturated carbocycles. The molecule has 7 heteroatoms. The molecule has 1 atom stereocenters. The molecular formula is C23H25N3O3S. The van der Waals surface area contributed by atoms with Crippen molar-refractivity contribution in [2.24, 2.45) is 5.92 Å². The van der Waals surface area contributed by atoms with Crippen LogP contribution in [0.25, 0.3) is 10.2 Å². The van der Waals surface area contributed by atoms with Crippen molar-refractivity contribution in [3.05, 3.63) is 57.0 Å². The zero-order chi connectivity index (χ0) is 21.3. The summed E-state index contributed by atoms with van der Waals surface area (Å²) in [5, 5.41) is 3.49. The van der Waals surface area contributed by atoms with Gasteiger partial charge < -0.3 is 5.32 Å². The number of fused-ring (bicyclic) bond motifs is 3. The molecule has 30 heavy (non-hydrogen) atoms. The maximum atomic E-state index is 13.1. The molecular weight excluding hydrogens is 398 g/mol. The summed E-state index contributed by atoms with van der Waals surface area (Å²) in [6, 6.07) is 6.77. The first-order valence-corrected chi connectivity index (χ1v) is 11.2. The summed E-state index contributed by atoms with van der Waals surface area (Å²) in [6.45, 7) is 4.13. The summed E-state index contributed by atoms with van der Waals surface area (Å²) in [4.78, 5) is 44.0. The fourth-order valence-electron chi connectivity index (χ4n) is 3.91. The predicted octanol–water partition coefficient (Wildman–Crippen LogP) is 4.20. The highest BCUT2D eigenvalue weighted by Crippen LogP contribution is 2.35. The van der Waals surface area contributed by atoms with E-state index in [0.29, 0.717) is 29.0 Å². The van der Waals surface area contributed by atoms with Gasteiger partial charge in [-0.3, -0.25) is 19.0 Å². The topological polar surface area (TPSA) is 81.1 Å². The van der Waals surface area contributed by atoms with Gasteiger partial charge in [0.1, 0.15) is 4.83 Å². The minimum atomic E-state index is -0.164. The van der Waals surface area contributed by atoms with E-state index in [4.69, 9.17) is 0 Å².